The molecule has 2 N–H and O–H groups in total. The second-order valence-corrected chi connectivity index (χ2v) is 8.62. The van der Waals surface area contributed by atoms with Crippen molar-refractivity contribution in [3.8, 4) is 0 Å². The van der Waals surface area contributed by atoms with Gasteiger partial charge in [0.1, 0.15) is 0 Å². The molecule has 0 bridgehead atoms. The predicted octanol–water partition coefficient (Wildman–Crippen LogP) is 2.45. The highest BCUT2D eigenvalue weighted by Crippen LogP contribution is 2.38. The van der Waals surface area contributed by atoms with Gasteiger partial charge >= 0.3 is 0 Å². The summed E-state index contributed by atoms with van der Waals surface area (Å²) < 4.78 is 5.46. The number of nitrogens with zero attached hydrogens (tertiary/aromatic N) is 3. The number of aliphatic imine (C=N–C) groups is 1. The molecule has 2 aliphatic rings. The number of guanidine groups is 1. The molecule has 0 unspecified atom stereocenters. The van der Waals surface area contributed by atoms with Crippen LogP contribution < -0.4 is 10.6 Å². The van der Waals surface area contributed by atoms with Crippen molar-refractivity contribution in [2.75, 3.05) is 54.0 Å². The highest BCUT2D eigenvalue weighted by molar-refractivity contribution is 14.0. The summed E-state index contributed by atoms with van der Waals surface area (Å²) in [5.74, 6) is 0.966. The van der Waals surface area contributed by atoms with Crippen molar-refractivity contribution in [1.29, 1.82) is 0 Å². The summed E-state index contributed by atoms with van der Waals surface area (Å²) in [4.78, 5) is 21.3. The van der Waals surface area contributed by atoms with Crippen LogP contribution in [0.4, 0.5) is 0 Å². The molecule has 0 atom stereocenters. The molecule has 0 radical (unpaired) electrons. The number of carbonyl (C=O) groups excluding carboxylic acids is 1. The lowest BCUT2D eigenvalue weighted by Crippen LogP contribution is -2.49. The Balaban J connectivity index is 0.00000341. The van der Waals surface area contributed by atoms with E-state index in [-0.39, 0.29) is 35.3 Å². The Morgan fingerprint density at radius 1 is 1.13 bits per heavy atom. The molecule has 1 aromatic rings. The smallest absolute Gasteiger partial charge is 0.230 e. The third-order valence-corrected chi connectivity index (χ3v) is 6.30. The maximum atomic E-state index is 12.8. The molecule has 0 spiro atoms. The van der Waals surface area contributed by atoms with Crippen LogP contribution in [0.15, 0.2) is 29.3 Å². The van der Waals surface area contributed by atoms with Gasteiger partial charge < -0.3 is 20.3 Å². The van der Waals surface area contributed by atoms with Gasteiger partial charge in [0.05, 0.1) is 18.6 Å². The summed E-state index contributed by atoms with van der Waals surface area (Å²) in [5.41, 5.74) is 2.29. The Kier molecular flexibility index (Phi) is 10.5. The van der Waals surface area contributed by atoms with Crippen LogP contribution >= 0.6 is 24.0 Å². The van der Waals surface area contributed by atoms with Crippen molar-refractivity contribution in [2.24, 2.45) is 10.4 Å². The molecule has 1 aliphatic carbocycles. The van der Waals surface area contributed by atoms with Crippen LogP contribution in [-0.4, -0.2) is 75.7 Å². The number of hydrogen-bond acceptors (Lipinski definition) is 4. The van der Waals surface area contributed by atoms with Crippen LogP contribution in [0.5, 0.6) is 0 Å². The minimum Gasteiger partial charge on any atom is -0.379 e. The first-order chi connectivity index (χ1) is 14.5. The molecule has 2 fully saturated rings. The molecule has 3 rings (SSSR count). The molecule has 1 aromatic carbocycles. The summed E-state index contributed by atoms with van der Waals surface area (Å²) in [6.45, 7) is 5.84. The van der Waals surface area contributed by atoms with Crippen LogP contribution in [0, 0.1) is 5.41 Å². The Hall–Kier alpha value is -1.39. The van der Waals surface area contributed by atoms with Gasteiger partial charge in [-0.05, 0) is 24.0 Å². The number of nitrogens with one attached hydrogen (secondary N) is 2. The first kappa shape index (κ1) is 25.9. The van der Waals surface area contributed by atoms with Gasteiger partial charge in [-0.3, -0.25) is 14.7 Å². The van der Waals surface area contributed by atoms with E-state index in [1.165, 1.54) is 11.1 Å². The third-order valence-electron chi connectivity index (χ3n) is 6.30. The fourth-order valence-electron chi connectivity index (χ4n) is 4.53. The largest absolute Gasteiger partial charge is 0.379 e. The van der Waals surface area contributed by atoms with Crippen LogP contribution in [0.3, 0.4) is 0 Å². The van der Waals surface area contributed by atoms with E-state index in [9.17, 15) is 4.79 Å². The number of rotatable bonds is 7. The van der Waals surface area contributed by atoms with Crippen molar-refractivity contribution in [3.05, 3.63) is 35.4 Å². The van der Waals surface area contributed by atoms with E-state index in [1.54, 1.807) is 11.9 Å². The molecule has 8 heteroatoms. The fraction of sp³-hybridized carbons (Fsp3) is 0.652. The number of ether oxygens (including phenoxy) is 1. The monoisotopic (exact) mass is 543 g/mol. The fourth-order valence-corrected chi connectivity index (χ4v) is 4.53. The second kappa shape index (κ2) is 12.6. The van der Waals surface area contributed by atoms with E-state index in [0.29, 0.717) is 13.1 Å². The average molecular weight is 543 g/mol. The van der Waals surface area contributed by atoms with Crippen molar-refractivity contribution in [1.82, 2.24) is 20.4 Å². The summed E-state index contributed by atoms with van der Waals surface area (Å²) in [7, 11) is 5.48. The highest BCUT2D eigenvalue weighted by atomic mass is 127. The van der Waals surface area contributed by atoms with Crippen molar-refractivity contribution in [3.63, 3.8) is 0 Å². The van der Waals surface area contributed by atoms with E-state index < -0.39 is 0 Å². The van der Waals surface area contributed by atoms with Crippen molar-refractivity contribution >= 4 is 35.8 Å². The van der Waals surface area contributed by atoms with Gasteiger partial charge in [0.2, 0.25) is 5.91 Å². The minimum atomic E-state index is -0.310. The number of benzene rings is 1. The molecule has 1 aliphatic heterocycles. The Morgan fingerprint density at radius 2 is 1.77 bits per heavy atom. The maximum Gasteiger partial charge on any atom is 0.230 e. The molecule has 1 saturated carbocycles. The van der Waals surface area contributed by atoms with Gasteiger partial charge in [-0.1, -0.05) is 37.1 Å². The highest BCUT2D eigenvalue weighted by Gasteiger charge is 2.42. The SMILES string of the molecule is CN=C(NCc1ccccc1CN1CCOCC1)NCC1(C(=O)N(C)C)CCCC1.I. The third kappa shape index (κ3) is 7.05. The minimum absolute atomic E-state index is 0. The Morgan fingerprint density at radius 3 is 2.39 bits per heavy atom. The number of carbonyl (C=O) groups is 1. The van der Waals surface area contributed by atoms with E-state index in [4.69, 9.17) is 4.74 Å². The standard InChI is InChI=1S/C23H37N5O2.HI/c1-24-22(26-18-23(10-6-7-11-23)21(29)27(2)3)25-16-19-8-4-5-9-20(19)17-28-12-14-30-15-13-28;/h4-5,8-9H,6-7,10-18H2,1-3H3,(H2,24,25,26);1H. The van der Waals surface area contributed by atoms with Crippen LogP contribution in [-0.2, 0) is 22.6 Å². The quantitative estimate of drug-likeness (QED) is 0.314. The Bertz CT molecular complexity index is 728. The molecule has 1 heterocycles. The summed E-state index contributed by atoms with van der Waals surface area (Å²) in [6.07, 6.45) is 4.11. The van der Waals surface area contributed by atoms with Crippen molar-refractivity contribution in [2.45, 2.75) is 38.8 Å². The molecule has 7 nitrogen and oxygen atoms in total. The summed E-state index contributed by atoms with van der Waals surface area (Å²) in [5, 5.41) is 6.87. The summed E-state index contributed by atoms with van der Waals surface area (Å²) in [6, 6.07) is 8.55. The van der Waals surface area contributed by atoms with Crippen LogP contribution in [0.2, 0.25) is 0 Å². The van der Waals surface area contributed by atoms with Gasteiger partial charge in [-0.2, -0.15) is 0 Å². The van der Waals surface area contributed by atoms with Crippen LogP contribution in [0.1, 0.15) is 36.8 Å². The average Bonchev–Trinajstić information content (AvgIpc) is 3.25. The predicted molar refractivity (Wildman–Crippen MR) is 136 cm³/mol. The zero-order valence-corrected chi connectivity index (χ0v) is 21.5. The zero-order chi connectivity index (χ0) is 21.4. The zero-order valence-electron chi connectivity index (χ0n) is 19.2. The molecule has 31 heavy (non-hydrogen) atoms. The second-order valence-electron chi connectivity index (χ2n) is 8.62. The molecular weight excluding hydrogens is 505 g/mol. The number of halogens is 1. The van der Waals surface area contributed by atoms with Crippen LogP contribution in [0.25, 0.3) is 0 Å². The lowest BCUT2D eigenvalue weighted by Gasteiger charge is -2.31. The van der Waals surface area contributed by atoms with E-state index in [2.05, 4.69) is 44.8 Å². The van der Waals surface area contributed by atoms with E-state index in [1.807, 2.05) is 14.1 Å². The van der Waals surface area contributed by atoms with Gasteiger partial charge in [0.25, 0.3) is 0 Å². The topological polar surface area (TPSA) is 69.2 Å². The number of morpholine rings is 1. The van der Waals surface area contributed by atoms with Crippen molar-refractivity contribution < 1.29 is 9.53 Å². The number of amides is 1. The molecule has 1 amide bonds. The summed E-state index contributed by atoms with van der Waals surface area (Å²) >= 11 is 0. The maximum absolute atomic E-state index is 12.8. The van der Waals surface area contributed by atoms with Gasteiger partial charge in [0, 0.05) is 53.9 Å². The first-order valence-corrected chi connectivity index (χ1v) is 11.1. The first-order valence-electron chi connectivity index (χ1n) is 11.1. The Labute approximate surface area is 204 Å². The number of hydrogen-bond donors (Lipinski definition) is 2. The van der Waals surface area contributed by atoms with Gasteiger partial charge in [0.15, 0.2) is 5.96 Å². The molecule has 174 valence electrons. The normalized spacial score (nSPS) is 18.9. The molecule has 1 saturated heterocycles. The van der Waals surface area contributed by atoms with Gasteiger partial charge in [-0.25, -0.2) is 0 Å². The van der Waals surface area contributed by atoms with E-state index in [0.717, 1.165) is 64.5 Å². The molecular formula is C23H38IN5O2. The van der Waals surface area contributed by atoms with Gasteiger partial charge in [-0.15, -0.1) is 24.0 Å². The van der Waals surface area contributed by atoms with E-state index >= 15 is 0 Å². The lowest BCUT2D eigenvalue weighted by atomic mass is 9.84. The lowest BCUT2D eigenvalue weighted by molar-refractivity contribution is -0.138. The molecule has 0 aromatic heterocycles.